The largest absolute Gasteiger partial charge is 0.508 e. The standard InChI is InChI=1S/C20H20F3NO3/c21-20(22,23)16-9-7-14(8-10-16)19(26)24(13-17-5-3-11-27-17)12-15-4-1-2-6-18(15)25/h1-2,4,6-10,17,25H,3,5,11-13H2. The molecule has 2 aromatic carbocycles. The Labute approximate surface area is 155 Å². The van der Waals surface area contributed by atoms with Gasteiger partial charge in [-0.25, -0.2) is 0 Å². The zero-order valence-corrected chi connectivity index (χ0v) is 14.6. The van der Waals surface area contributed by atoms with E-state index >= 15 is 0 Å². The van der Waals surface area contributed by atoms with Crippen LogP contribution in [0.2, 0.25) is 0 Å². The number of hydrogen-bond acceptors (Lipinski definition) is 3. The van der Waals surface area contributed by atoms with Crippen LogP contribution in [0.3, 0.4) is 0 Å². The summed E-state index contributed by atoms with van der Waals surface area (Å²) in [5, 5.41) is 10.0. The van der Waals surface area contributed by atoms with Crippen LogP contribution in [-0.4, -0.2) is 35.2 Å². The van der Waals surface area contributed by atoms with Gasteiger partial charge in [0.2, 0.25) is 0 Å². The average molecular weight is 379 g/mol. The van der Waals surface area contributed by atoms with Gasteiger partial charge in [0.25, 0.3) is 5.91 Å². The fourth-order valence-corrected chi connectivity index (χ4v) is 3.09. The van der Waals surface area contributed by atoms with E-state index in [1.165, 1.54) is 23.1 Å². The van der Waals surface area contributed by atoms with E-state index < -0.39 is 17.6 Å². The van der Waals surface area contributed by atoms with Crippen LogP contribution in [-0.2, 0) is 17.5 Å². The summed E-state index contributed by atoms with van der Waals surface area (Å²) in [6.45, 7) is 1.09. The molecule has 0 saturated carbocycles. The van der Waals surface area contributed by atoms with Crippen molar-refractivity contribution in [2.24, 2.45) is 0 Å². The molecule has 2 aromatic rings. The molecule has 1 amide bonds. The molecule has 1 heterocycles. The first-order chi connectivity index (χ1) is 12.8. The van der Waals surface area contributed by atoms with Crippen LogP contribution in [0.25, 0.3) is 0 Å². The Morgan fingerprint density at radius 3 is 2.44 bits per heavy atom. The Morgan fingerprint density at radius 1 is 1.15 bits per heavy atom. The van der Waals surface area contributed by atoms with Crippen molar-refractivity contribution in [2.75, 3.05) is 13.2 Å². The molecule has 3 rings (SSSR count). The van der Waals surface area contributed by atoms with E-state index in [1.807, 2.05) is 0 Å². The van der Waals surface area contributed by atoms with Crippen molar-refractivity contribution in [3.8, 4) is 5.75 Å². The Balaban J connectivity index is 1.82. The van der Waals surface area contributed by atoms with Gasteiger partial charge in [-0.05, 0) is 43.2 Å². The van der Waals surface area contributed by atoms with Crippen LogP contribution < -0.4 is 0 Å². The lowest BCUT2D eigenvalue weighted by atomic mass is 10.1. The van der Waals surface area contributed by atoms with Gasteiger partial charge in [-0.15, -0.1) is 0 Å². The van der Waals surface area contributed by atoms with Gasteiger partial charge in [-0.3, -0.25) is 4.79 Å². The first-order valence-electron chi connectivity index (χ1n) is 8.69. The van der Waals surface area contributed by atoms with Gasteiger partial charge >= 0.3 is 6.18 Å². The molecule has 1 unspecified atom stereocenters. The van der Waals surface area contributed by atoms with Crippen LogP contribution in [0.5, 0.6) is 5.75 Å². The Morgan fingerprint density at radius 2 is 1.85 bits per heavy atom. The summed E-state index contributed by atoms with van der Waals surface area (Å²) in [4.78, 5) is 14.4. The molecule has 27 heavy (non-hydrogen) atoms. The number of carbonyl (C=O) groups is 1. The molecule has 144 valence electrons. The number of amides is 1. The van der Waals surface area contributed by atoms with Gasteiger partial charge in [0.05, 0.1) is 11.7 Å². The minimum atomic E-state index is -4.45. The molecular weight excluding hydrogens is 359 g/mol. The van der Waals surface area contributed by atoms with Gasteiger partial charge < -0.3 is 14.7 Å². The molecule has 7 heteroatoms. The van der Waals surface area contributed by atoms with Gasteiger partial charge in [0.1, 0.15) is 5.75 Å². The van der Waals surface area contributed by atoms with E-state index in [2.05, 4.69) is 0 Å². The lowest BCUT2D eigenvalue weighted by Gasteiger charge is -2.26. The summed E-state index contributed by atoms with van der Waals surface area (Å²) in [7, 11) is 0. The maximum Gasteiger partial charge on any atom is 0.416 e. The second kappa shape index (κ2) is 8.00. The van der Waals surface area contributed by atoms with Crippen molar-refractivity contribution in [3.05, 3.63) is 65.2 Å². The summed E-state index contributed by atoms with van der Waals surface area (Å²) in [6.07, 6.45) is -2.84. The van der Waals surface area contributed by atoms with E-state index in [9.17, 15) is 23.1 Å². The minimum absolute atomic E-state index is 0.0649. The maximum absolute atomic E-state index is 12.9. The third-order valence-corrected chi connectivity index (χ3v) is 4.55. The number of rotatable bonds is 5. The number of nitrogens with zero attached hydrogens (tertiary/aromatic N) is 1. The number of halogens is 3. The molecule has 1 saturated heterocycles. The molecule has 0 spiro atoms. The van der Waals surface area contributed by atoms with Crippen LogP contribution >= 0.6 is 0 Å². The molecule has 1 fully saturated rings. The highest BCUT2D eigenvalue weighted by Crippen LogP contribution is 2.29. The van der Waals surface area contributed by atoms with E-state index in [-0.39, 0.29) is 24.0 Å². The zero-order valence-electron chi connectivity index (χ0n) is 14.6. The molecule has 0 bridgehead atoms. The van der Waals surface area contributed by atoms with E-state index in [0.717, 1.165) is 25.0 Å². The molecule has 4 nitrogen and oxygen atoms in total. The zero-order chi connectivity index (χ0) is 19.4. The predicted molar refractivity (Wildman–Crippen MR) is 93.3 cm³/mol. The number of ether oxygens (including phenoxy) is 1. The first kappa shape index (κ1) is 19.2. The van der Waals surface area contributed by atoms with Gasteiger partial charge in [0, 0.05) is 30.8 Å². The van der Waals surface area contributed by atoms with E-state index in [4.69, 9.17) is 4.74 Å². The SMILES string of the molecule is O=C(c1ccc(C(F)(F)F)cc1)N(Cc1ccccc1O)CC1CCCO1. The lowest BCUT2D eigenvalue weighted by Crippen LogP contribution is -2.37. The van der Waals surface area contributed by atoms with Gasteiger partial charge in [-0.1, -0.05) is 18.2 Å². The summed E-state index contributed by atoms with van der Waals surface area (Å²) >= 11 is 0. The highest BCUT2D eigenvalue weighted by Gasteiger charge is 2.31. The third-order valence-electron chi connectivity index (χ3n) is 4.55. The van der Waals surface area contributed by atoms with Crippen LogP contribution in [0.1, 0.15) is 34.3 Å². The molecule has 0 aliphatic carbocycles. The fraction of sp³-hybridized carbons (Fsp3) is 0.350. The van der Waals surface area contributed by atoms with Gasteiger partial charge in [0.15, 0.2) is 0 Å². The second-order valence-electron chi connectivity index (χ2n) is 6.52. The highest BCUT2D eigenvalue weighted by atomic mass is 19.4. The smallest absolute Gasteiger partial charge is 0.416 e. The number of carbonyl (C=O) groups excluding carboxylic acids is 1. The van der Waals surface area contributed by atoms with Crippen LogP contribution in [0, 0.1) is 0 Å². The summed E-state index contributed by atoms with van der Waals surface area (Å²) < 4.78 is 43.8. The lowest BCUT2D eigenvalue weighted by molar-refractivity contribution is -0.137. The normalized spacial score (nSPS) is 17.1. The Bertz CT molecular complexity index is 784. The van der Waals surface area contributed by atoms with E-state index in [1.54, 1.807) is 18.2 Å². The molecule has 1 aliphatic rings. The molecule has 1 N–H and O–H groups in total. The Hall–Kier alpha value is -2.54. The summed E-state index contributed by atoms with van der Waals surface area (Å²) in [6, 6.07) is 10.8. The molecular formula is C20H20F3NO3. The van der Waals surface area contributed by atoms with Crippen molar-refractivity contribution in [2.45, 2.75) is 31.7 Å². The third kappa shape index (κ3) is 4.80. The van der Waals surface area contributed by atoms with Crippen molar-refractivity contribution in [3.63, 3.8) is 0 Å². The highest BCUT2D eigenvalue weighted by molar-refractivity contribution is 5.94. The number of para-hydroxylation sites is 1. The number of aromatic hydroxyl groups is 1. The molecule has 0 aromatic heterocycles. The number of benzene rings is 2. The van der Waals surface area contributed by atoms with Crippen LogP contribution in [0.15, 0.2) is 48.5 Å². The number of phenols is 1. The summed E-state index contributed by atoms with van der Waals surface area (Å²) in [5.41, 5.74) is -0.0717. The van der Waals surface area contributed by atoms with Crippen LogP contribution in [0.4, 0.5) is 13.2 Å². The Kier molecular flexibility index (Phi) is 5.70. The molecule has 1 aliphatic heterocycles. The van der Waals surface area contributed by atoms with Crippen molar-refractivity contribution in [1.82, 2.24) is 4.90 Å². The predicted octanol–water partition coefficient (Wildman–Crippen LogP) is 4.23. The topological polar surface area (TPSA) is 49.8 Å². The molecule has 1 atom stereocenters. The molecule has 0 radical (unpaired) electrons. The monoisotopic (exact) mass is 379 g/mol. The van der Waals surface area contributed by atoms with Gasteiger partial charge in [-0.2, -0.15) is 13.2 Å². The number of phenolic OH excluding ortho intramolecular Hbond substituents is 1. The fourth-order valence-electron chi connectivity index (χ4n) is 3.09. The minimum Gasteiger partial charge on any atom is -0.508 e. The van der Waals surface area contributed by atoms with Crippen molar-refractivity contribution in [1.29, 1.82) is 0 Å². The number of hydrogen-bond donors (Lipinski definition) is 1. The maximum atomic E-state index is 12.9. The summed E-state index contributed by atoms with van der Waals surface area (Å²) in [5.74, 6) is -0.336. The van der Waals surface area contributed by atoms with E-state index in [0.29, 0.717) is 18.7 Å². The second-order valence-corrected chi connectivity index (χ2v) is 6.52. The average Bonchev–Trinajstić information content (AvgIpc) is 3.15. The quantitative estimate of drug-likeness (QED) is 0.846. The first-order valence-corrected chi connectivity index (χ1v) is 8.69. The number of alkyl halides is 3. The van der Waals surface area contributed by atoms with Crippen molar-refractivity contribution >= 4 is 5.91 Å². The van der Waals surface area contributed by atoms with Crippen molar-refractivity contribution < 1.29 is 27.8 Å².